The van der Waals surface area contributed by atoms with Gasteiger partial charge in [0.05, 0.1) is 0 Å². The minimum Gasteiger partial charge on any atom is -0.352 e. The first-order chi connectivity index (χ1) is 8.58. The number of halogens is 2. The summed E-state index contributed by atoms with van der Waals surface area (Å²) >= 11 is 9.35. The number of nitrogens with one attached hydrogen (secondary N) is 1. The van der Waals surface area contributed by atoms with Gasteiger partial charge in [0.25, 0.3) is 5.91 Å². The van der Waals surface area contributed by atoms with Gasteiger partial charge in [0.1, 0.15) is 0 Å². The zero-order valence-corrected chi connectivity index (χ0v) is 13.1. The van der Waals surface area contributed by atoms with E-state index in [4.69, 9.17) is 11.6 Å². The Balaban J connectivity index is 2.62. The zero-order chi connectivity index (χ0) is 13.5. The molecule has 0 aromatic heterocycles. The molecule has 1 atom stereocenters. The lowest BCUT2D eigenvalue weighted by Crippen LogP contribution is -2.29. The third-order valence-corrected chi connectivity index (χ3v) is 3.78. The number of benzene rings is 1. The van der Waals surface area contributed by atoms with Gasteiger partial charge in [-0.05, 0) is 37.0 Å². The van der Waals surface area contributed by atoms with Gasteiger partial charge >= 0.3 is 0 Å². The topological polar surface area (TPSA) is 29.1 Å². The normalized spacial score (nSPS) is 12.2. The molecule has 1 unspecified atom stereocenters. The number of alkyl halides is 1. The third-order valence-electron chi connectivity index (χ3n) is 3.09. The second-order valence-corrected chi connectivity index (χ2v) is 5.65. The van der Waals surface area contributed by atoms with Gasteiger partial charge < -0.3 is 5.32 Å². The SMILES string of the molecule is CCC(CCBr)CNC(=O)c1cc(Cl)ccc1C. The van der Waals surface area contributed by atoms with E-state index in [0.29, 0.717) is 23.0 Å². The van der Waals surface area contributed by atoms with Crippen molar-refractivity contribution in [3.8, 4) is 0 Å². The minimum absolute atomic E-state index is 0.0389. The van der Waals surface area contributed by atoms with E-state index < -0.39 is 0 Å². The molecule has 1 amide bonds. The van der Waals surface area contributed by atoms with Gasteiger partial charge in [0.15, 0.2) is 0 Å². The molecule has 0 bridgehead atoms. The minimum atomic E-state index is -0.0389. The smallest absolute Gasteiger partial charge is 0.251 e. The molecular formula is C14H19BrClNO. The maximum atomic E-state index is 12.1. The number of hydrogen-bond acceptors (Lipinski definition) is 1. The fraction of sp³-hybridized carbons (Fsp3) is 0.500. The van der Waals surface area contributed by atoms with E-state index in [1.165, 1.54) is 0 Å². The Labute approximate surface area is 122 Å². The summed E-state index contributed by atoms with van der Waals surface area (Å²) < 4.78 is 0. The van der Waals surface area contributed by atoms with Gasteiger partial charge in [-0.1, -0.05) is 46.9 Å². The lowest BCUT2D eigenvalue weighted by atomic mass is 10.0. The molecule has 18 heavy (non-hydrogen) atoms. The molecule has 0 aliphatic rings. The molecule has 1 aromatic rings. The number of carbonyl (C=O) groups is 1. The predicted molar refractivity (Wildman–Crippen MR) is 80.7 cm³/mol. The quantitative estimate of drug-likeness (QED) is 0.778. The van der Waals surface area contributed by atoms with Crippen LogP contribution in [-0.2, 0) is 0 Å². The Hall–Kier alpha value is -0.540. The second-order valence-electron chi connectivity index (χ2n) is 4.42. The maximum absolute atomic E-state index is 12.1. The van der Waals surface area contributed by atoms with E-state index in [0.717, 1.165) is 23.7 Å². The molecule has 1 aromatic carbocycles. The Morgan fingerprint density at radius 2 is 2.22 bits per heavy atom. The highest BCUT2D eigenvalue weighted by atomic mass is 79.9. The van der Waals surface area contributed by atoms with Crippen molar-refractivity contribution in [2.45, 2.75) is 26.7 Å². The Kier molecular flexibility index (Phi) is 6.72. The van der Waals surface area contributed by atoms with Crippen molar-refractivity contribution >= 4 is 33.4 Å². The average molecular weight is 333 g/mol. The molecule has 0 saturated carbocycles. The highest BCUT2D eigenvalue weighted by Gasteiger charge is 2.12. The summed E-state index contributed by atoms with van der Waals surface area (Å²) in [6.07, 6.45) is 2.14. The summed E-state index contributed by atoms with van der Waals surface area (Å²) in [7, 11) is 0. The van der Waals surface area contributed by atoms with Crippen molar-refractivity contribution in [3.63, 3.8) is 0 Å². The first-order valence-corrected chi connectivity index (χ1v) is 7.68. The number of aryl methyl sites for hydroxylation is 1. The van der Waals surface area contributed by atoms with Crippen LogP contribution in [0.15, 0.2) is 18.2 Å². The molecule has 1 N–H and O–H groups in total. The lowest BCUT2D eigenvalue weighted by Gasteiger charge is -2.15. The molecule has 0 aliphatic heterocycles. The van der Waals surface area contributed by atoms with Gasteiger partial charge in [-0.25, -0.2) is 0 Å². The number of rotatable bonds is 6. The summed E-state index contributed by atoms with van der Waals surface area (Å²) in [6, 6.07) is 5.39. The molecule has 4 heteroatoms. The van der Waals surface area contributed by atoms with E-state index in [9.17, 15) is 4.79 Å². The van der Waals surface area contributed by atoms with Crippen LogP contribution >= 0.6 is 27.5 Å². The molecule has 0 saturated heterocycles. The van der Waals surface area contributed by atoms with Crippen molar-refractivity contribution in [1.82, 2.24) is 5.32 Å². The summed E-state index contributed by atoms with van der Waals surface area (Å²) in [4.78, 5) is 12.1. The summed E-state index contributed by atoms with van der Waals surface area (Å²) in [5.41, 5.74) is 1.61. The van der Waals surface area contributed by atoms with Crippen molar-refractivity contribution in [1.29, 1.82) is 0 Å². The Morgan fingerprint density at radius 3 is 2.83 bits per heavy atom. The van der Waals surface area contributed by atoms with Crippen LogP contribution in [0.3, 0.4) is 0 Å². The first-order valence-electron chi connectivity index (χ1n) is 6.18. The van der Waals surface area contributed by atoms with Crippen molar-refractivity contribution < 1.29 is 4.79 Å². The number of hydrogen-bond donors (Lipinski definition) is 1. The largest absolute Gasteiger partial charge is 0.352 e. The van der Waals surface area contributed by atoms with E-state index in [-0.39, 0.29) is 5.91 Å². The van der Waals surface area contributed by atoms with Crippen LogP contribution in [0.25, 0.3) is 0 Å². The van der Waals surface area contributed by atoms with Crippen LogP contribution in [0, 0.1) is 12.8 Å². The van der Waals surface area contributed by atoms with Crippen LogP contribution in [0.4, 0.5) is 0 Å². The van der Waals surface area contributed by atoms with Gasteiger partial charge in [-0.2, -0.15) is 0 Å². The highest BCUT2D eigenvalue weighted by Crippen LogP contribution is 2.16. The lowest BCUT2D eigenvalue weighted by molar-refractivity contribution is 0.0946. The molecule has 0 aliphatic carbocycles. The van der Waals surface area contributed by atoms with Crippen LogP contribution in [-0.4, -0.2) is 17.8 Å². The molecule has 1 rings (SSSR count). The molecule has 0 fully saturated rings. The van der Waals surface area contributed by atoms with E-state index >= 15 is 0 Å². The van der Waals surface area contributed by atoms with E-state index in [1.54, 1.807) is 12.1 Å². The monoisotopic (exact) mass is 331 g/mol. The molecule has 0 spiro atoms. The number of carbonyl (C=O) groups excluding carboxylic acids is 1. The molecule has 100 valence electrons. The standard InChI is InChI=1S/C14H19BrClNO/c1-3-11(6-7-15)9-17-14(18)13-8-12(16)5-4-10(13)2/h4-5,8,11H,3,6-7,9H2,1-2H3,(H,17,18). The fourth-order valence-corrected chi connectivity index (χ4v) is 2.60. The van der Waals surface area contributed by atoms with Crippen LogP contribution in [0.5, 0.6) is 0 Å². The maximum Gasteiger partial charge on any atom is 0.251 e. The average Bonchev–Trinajstić information content (AvgIpc) is 2.37. The van der Waals surface area contributed by atoms with Crippen molar-refractivity contribution in [2.24, 2.45) is 5.92 Å². The number of amides is 1. The van der Waals surface area contributed by atoms with Gasteiger partial charge in [-0.15, -0.1) is 0 Å². The van der Waals surface area contributed by atoms with Crippen LogP contribution in [0.2, 0.25) is 5.02 Å². The Morgan fingerprint density at radius 1 is 1.50 bits per heavy atom. The molecule has 2 nitrogen and oxygen atoms in total. The zero-order valence-electron chi connectivity index (χ0n) is 10.8. The fourth-order valence-electron chi connectivity index (χ4n) is 1.78. The van der Waals surface area contributed by atoms with Crippen LogP contribution in [0.1, 0.15) is 35.7 Å². The first kappa shape index (κ1) is 15.5. The highest BCUT2D eigenvalue weighted by molar-refractivity contribution is 9.09. The van der Waals surface area contributed by atoms with E-state index in [1.807, 2.05) is 13.0 Å². The predicted octanol–water partition coefficient (Wildman–Crippen LogP) is 4.19. The van der Waals surface area contributed by atoms with Crippen molar-refractivity contribution in [2.75, 3.05) is 11.9 Å². The molecule has 0 heterocycles. The summed E-state index contributed by atoms with van der Waals surface area (Å²) in [6.45, 7) is 4.78. The van der Waals surface area contributed by atoms with Gasteiger partial charge in [0.2, 0.25) is 0 Å². The third kappa shape index (κ3) is 4.62. The van der Waals surface area contributed by atoms with Gasteiger partial charge in [-0.3, -0.25) is 4.79 Å². The van der Waals surface area contributed by atoms with Crippen molar-refractivity contribution in [3.05, 3.63) is 34.3 Å². The van der Waals surface area contributed by atoms with Crippen LogP contribution < -0.4 is 5.32 Å². The molecular weight excluding hydrogens is 314 g/mol. The molecule has 0 radical (unpaired) electrons. The summed E-state index contributed by atoms with van der Waals surface area (Å²) in [5, 5.41) is 4.55. The Bertz CT molecular complexity index is 409. The second kappa shape index (κ2) is 7.80. The van der Waals surface area contributed by atoms with E-state index in [2.05, 4.69) is 28.2 Å². The summed E-state index contributed by atoms with van der Waals surface area (Å²) in [5.74, 6) is 0.482. The van der Waals surface area contributed by atoms with Gasteiger partial charge in [0, 0.05) is 22.5 Å².